The summed E-state index contributed by atoms with van der Waals surface area (Å²) in [5.74, 6) is 1.79. The van der Waals surface area contributed by atoms with E-state index < -0.39 is 0 Å². The zero-order valence-electron chi connectivity index (χ0n) is 17.1. The fraction of sp³-hybridized carbons (Fsp3) is 0.478. The topological polar surface area (TPSA) is 24.9 Å². The van der Waals surface area contributed by atoms with Gasteiger partial charge in [-0.1, -0.05) is 18.2 Å². The van der Waals surface area contributed by atoms with E-state index >= 15 is 0 Å². The molecule has 1 fully saturated rings. The normalized spacial score (nSPS) is 15.8. The smallest absolute Gasteiger partial charge is 0.161 e. The van der Waals surface area contributed by atoms with Crippen molar-refractivity contribution in [2.45, 2.75) is 25.7 Å². The van der Waals surface area contributed by atoms with Gasteiger partial charge in [0.25, 0.3) is 0 Å². The first kappa shape index (κ1) is 23.7. The second-order valence-electron chi connectivity index (χ2n) is 7.49. The van der Waals surface area contributed by atoms with Crippen molar-refractivity contribution in [2.24, 2.45) is 0 Å². The summed E-state index contributed by atoms with van der Waals surface area (Å²) in [5.41, 5.74) is 4.20. The minimum atomic E-state index is 0. The van der Waals surface area contributed by atoms with Crippen LogP contribution in [0, 0.1) is 0 Å². The van der Waals surface area contributed by atoms with Gasteiger partial charge in [-0.3, -0.25) is 4.90 Å². The number of hydrogen-bond acceptors (Lipinski definition) is 4. The maximum atomic E-state index is 6.07. The number of anilines is 1. The first-order valence-electron chi connectivity index (χ1n) is 10.2. The van der Waals surface area contributed by atoms with Crippen LogP contribution in [-0.2, 0) is 12.8 Å². The minimum absolute atomic E-state index is 0. The van der Waals surface area contributed by atoms with Crippen molar-refractivity contribution >= 4 is 30.5 Å². The summed E-state index contributed by atoms with van der Waals surface area (Å²) in [4.78, 5) is 5.02. The number of nitrogens with zero attached hydrogens (tertiary/aromatic N) is 2. The van der Waals surface area contributed by atoms with Crippen LogP contribution in [0.5, 0.6) is 11.5 Å². The third kappa shape index (κ3) is 5.94. The molecule has 0 unspecified atom stereocenters. The molecule has 0 N–H and O–H groups in total. The monoisotopic (exact) mass is 438 g/mol. The fourth-order valence-electron chi connectivity index (χ4n) is 4.19. The molecule has 6 heteroatoms. The van der Waals surface area contributed by atoms with Gasteiger partial charge in [0.05, 0.1) is 13.7 Å². The minimum Gasteiger partial charge on any atom is -0.493 e. The van der Waals surface area contributed by atoms with Crippen LogP contribution in [0.25, 0.3) is 0 Å². The highest BCUT2D eigenvalue weighted by Crippen LogP contribution is 2.35. The van der Waals surface area contributed by atoms with Gasteiger partial charge in [-0.05, 0) is 61.1 Å². The molecule has 1 saturated heterocycles. The number of para-hydroxylation sites is 1. The summed E-state index contributed by atoms with van der Waals surface area (Å²) in [5, 5.41) is 0. The van der Waals surface area contributed by atoms with Crippen LogP contribution < -0.4 is 14.4 Å². The molecule has 2 aliphatic rings. The summed E-state index contributed by atoms with van der Waals surface area (Å²) in [6, 6.07) is 15.1. The van der Waals surface area contributed by atoms with E-state index in [2.05, 4.69) is 52.3 Å². The first-order valence-corrected chi connectivity index (χ1v) is 10.2. The second kappa shape index (κ2) is 11.5. The summed E-state index contributed by atoms with van der Waals surface area (Å²) in [7, 11) is 1.73. The Bertz CT molecular complexity index is 750. The molecule has 0 atom stereocenters. The van der Waals surface area contributed by atoms with Crippen molar-refractivity contribution in [3.8, 4) is 11.5 Å². The van der Waals surface area contributed by atoms with Crippen LogP contribution in [-0.4, -0.2) is 51.3 Å². The average Bonchev–Trinajstić information content (AvgIpc) is 3.19. The van der Waals surface area contributed by atoms with Crippen molar-refractivity contribution in [3.05, 3.63) is 53.6 Å². The molecular weight excluding hydrogens is 407 g/mol. The van der Waals surface area contributed by atoms with Gasteiger partial charge in [0.1, 0.15) is 0 Å². The number of hydrogen-bond donors (Lipinski definition) is 0. The number of ether oxygens (including phenoxy) is 2. The molecule has 4 rings (SSSR count). The Hall–Kier alpha value is -1.62. The molecular formula is C23H32Cl2N2O2. The van der Waals surface area contributed by atoms with E-state index in [0.717, 1.165) is 57.3 Å². The molecule has 160 valence electrons. The van der Waals surface area contributed by atoms with Crippen molar-refractivity contribution in [3.63, 3.8) is 0 Å². The molecule has 0 radical (unpaired) electrons. The number of halogens is 2. The molecule has 0 bridgehead atoms. The lowest BCUT2D eigenvalue weighted by atomic mass is 10.1. The molecule has 29 heavy (non-hydrogen) atoms. The maximum absolute atomic E-state index is 6.07. The predicted molar refractivity (Wildman–Crippen MR) is 125 cm³/mol. The van der Waals surface area contributed by atoms with Gasteiger partial charge in [0.15, 0.2) is 11.5 Å². The number of piperazine rings is 1. The highest BCUT2D eigenvalue weighted by atomic mass is 35.5. The van der Waals surface area contributed by atoms with Gasteiger partial charge in [-0.2, -0.15) is 0 Å². The van der Waals surface area contributed by atoms with Gasteiger partial charge in [0.2, 0.25) is 0 Å². The Morgan fingerprint density at radius 3 is 2.17 bits per heavy atom. The molecule has 4 nitrogen and oxygen atoms in total. The van der Waals surface area contributed by atoms with Crippen molar-refractivity contribution in [2.75, 3.05) is 51.3 Å². The van der Waals surface area contributed by atoms with Crippen LogP contribution in [0.1, 0.15) is 24.0 Å². The van der Waals surface area contributed by atoms with Crippen LogP contribution in [0.15, 0.2) is 42.5 Å². The van der Waals surface area contributed by atoms with E-state index in [9.17, 15) is 0 Å². The highest BCUT2D eigenvalue weighted by Gasteiger charge is 2.18. The number of aryl methyl sites for hydroxylation is 2. The quantitative estimate of drug-likeness (QED) is 0.588. The van der Waals surface area contributed by atoms with E-state index in [-0.39, 0.29) is 24.8 Å². The van der Waals surface area contributed by atoms with Gasteiger partial charge < -0.3 is 14.4 Å². The van der Waals surface area contributed by atoms with Gasteiger partial charge in [-0.25, -0.2) is 0 Å². The zero-order chi connectivity index (χ0) is 18.5. The molecule has 2 aromatic carbocycles. The Labute approximate surface area is 187 Å². The Balaban J connectivity index is 0.00000150. The van der Waals surface area contributed by atoms with Crippen LogP contribution >= 0.6 is 24.8 Å². The second-order valence-corrected chi connectivity index (χ2v) is 7.49. The van der Waals surface area contributed by atoms with E-state index in [1.807, 2.05) is 0 Å². The van der Waals surface area contributed by atoms with Crippen molar-refractivity contribution in [1.82, 2.24) is 4.90 Å². The molecule has 0 spiro atoms. The average molecular weight is 439 g/mol. The third-order valence-electron chi connectivity index (χ3n) is 5.75. The van der Waals surface area contributed by atoms with Crippen LogP contribution in [0.2, 0.25) is 0 Å². The summed E-state index contributed by atoms with van der Waals surface area (Å²) >= 11 is 0. The summed E-state index contributed by atoms with van der Waals surface area (Å²) in [6.45, 7) is 6.28. The standard InChI is InChI=1S/C23H30N2O2.2ClH/c1-26-22-17-19-7-5-8-20(19)18-23(22)27-16-6-11-24-12-14-25(15-13-24)21-9-3-2-4-10-21;;/h2-4,9-10,17-18H,5-8,11-16H2,1H3;2*1H. The molecule has 1 heterocycles. The van der Waals surface area contributed by atoms with E-state index in [0.29, 0.717) is 0 Å². The lowest BCUT2D eigenvalue weighted by Crippen LogP contribution is -2.46. The predicted octanol–water partition coefficient (Wildman–Crippen LogP) is 4.62. The summed E-state index contributed by atoms with van der Waals surface area (Å²) < 4.78 is 11.6. The Morgan fingerprint density at radius 2 is 1.52 bits per heavy atom. The van der Waals surface area contributed by atoms with Gasteiger partial charge in [0, 0.05) is 38.4 Å². The Morgan fingerprint density at radius 1 is 0.862 bits per heavy atom. The maximum Gasteiger partial charge on any atom is 0.161 e. The third-order valence-corrected chi connectivity index (χ3v) is 5.75. The van der Waals surface area contributed by atoms with Crippen LogP contribution in [0.3, 0.4) is 0 Å². The number of methoxy groups -OCH3 is 1. The lowest BCUT2D eigenvalue weighted by Gasteiger charge is -2.36. The van der Waals surface area contributed by atoms with Crippen LogP contribution in [0.4, 0.5) is 5.69 Å². The van der Waals surface area contributed by atoms with Gasteiger partial charge in [-0.15, -0.1) is 24.8 Å². The largest absolute Gasteiger partial charge is 0.493 e. The molecule has 0 saturated carbocycles. The van der Waals surface area contributed by atoms with E-state index in [4.69, 9.17) is 9.47 Å². The molecule has 1 aliphatic carbocycles. The van der Waals surface area contributed by atoms with E-state index in [1.165, 1.54) is 36.1 Å². The highest BCUT2D eigenvalue weighted by molar-refractivity contribution is 5.85. The molecule has 2 aromatic rings. The number of benzene rings is 2. The number of rotatable bonds is 7. The number of fused-ring (bicyclic) bond motifs is 1. The molecule has 0 amide bonds. The fourth-order valence-corrected chi connectivity index (χ4v) is 4.19. The molecule has 0 aromatic heterocycles. The van der Waals surface area contributed by atoms with E-state index in [1.54, 1.807) is 7.11 Å². The Kier molecular flexibility index (Phi) is 9.41. The van der Waals surface area contributed by atoms with Crippen molar-refractivity contribution < 1.29 is 9.47 Å². The lowest BCUT2D eigenvalue weighted by molar-refractivity contribution is 0.221. The van der Waals surface area contributed by atoms with Gasteiger partial charge >= 0.3 is 0 Å². The SMILES string of the molecule is COc1cc2c(cc1OCCCN1CCN(c3ccccc3)CC1)CCC2.Cl.Cl. The zero-order valence-corrected chi connectivity index (χ0v) is 18.8. The molecule has 1 aliphatic heterocycles. The first-order chi connectivity index (χ1) is 13.3. The van der Waals surface area contributed by atoms with Crippen molar-refractivity contribution in [1.29, 1.82) is 0 Å². The summed E-state index contributed by atoms with van der Waals surface area (Å²) in [6.07, 6.45) is 4.63.